The molecule has 21 heavy (non-hydrogen) atoms. The second-order valence-corrected chi connectivity index (χ2v) is 6.06. The Bertz CT molecular complexity index is 400. The molecule has 2 unspecified atom stereocenters. The molecule has 0 saturated carbocycles. The summed E-state index contributed by atoms with van der Waals surface area (Å²) in [7, 11) is 3.72. The molecule has 0 aromatic carbocycles. The van der Waals surface area contributed by atoms with Crippen LogP contribution in [0.3, 0.4) is 0 Å². The molecule has 1 heterocycles. The van der Waals surface area contributed by atoms with Crippen LogP contribution < -0.4 is 5.32 Å². The molecule has 7 nitrogen and oxygen atoms in total. The van der Waals surface area contributed by atoms with Gasteiger partial charge in [-0.05, 0) is 31.8 Å². The molecule has 1 rings (SSSR count). The highest BCUT2D eigenvalue weighted by atomic mass is 16.4. The number of imide groups is 1. The number of amides is 3. The van der Waals surface area contributed by atoms with E-state index in [0.29, 0.717) is 12.5 Å². The van der Waals surface area contributed by atoms with Crippen molar-refractivity contribution in [1.29, 1.82) is 0 Å². The number of urea groups is 1. The van der Waals surface area contributed by atoms with Crippen molar-refractivity contribution in [3.63, 3.8) is 0 Å². The molecular weight excluding hydrogens is 274 g/mol. The summed E-state index contributed by atoms with van der Waals surface area (Å²) in [5.41, 5.74) is 0. The van der Waals surface area contributed by atoms with Crippen LogP contribution in [0.4, 0.5) is 4.79 Å². The van der Waals surface area contributed by atoms with E-state index in [0.717, 1.165) is 19.5 Å². The minimum absolute atomic E-state index is 0.0397. The number of aliphatic carboxylic acids is 1. The Morgan fingerprint density at radius 2 is 2.05 bits per heavy atom. The third kappa shape index (κ3) is 6.57. The first-order valence-corrected chi connectivity index (χ1v) is 7.23. The molecule has 0 aromatic heterocycles. The van der Waals surface area contributed by atoms with Crippen LogP contribution in [0.1, 0.15) is 26.2 Å². The molecular formula is C14H25N3O4. The summed E-state index contributed by atoms with van der Waals surface area (Å²) in [5, 5.41) is 10.9. The van der Waals surface area contributed by atoms with Gasteiger partial charge in [0.1, 0.15) is 0 Å². The number of carboxylic acids is 1. The Morgan fingerprint density at radius 3 is 2.57 bits per heavy atom. The average Bonchev–Trinajstić information content (AvgIpc) is 2.72. The summed E-state index contributed by atoms with van der Waals surface area (Å²) >= 11 is 0. The molecule has 3 amide bonds. The standard InChI is InChI=1S/C14H25N3O4/c1-10(7-13(19)20)6-12(18)15-14(21)17(3)9-11-4-5-16(2)8-11/h10-11H,4-9H2,1-3H3,(H,19,20)(H,15,18,21). The van der Waals surface area contributed by atoms with Gasteiger partial charge < -0.3 is 14.9 Å². The van der Waals surface area contributed by atoms with Crippen molar-refractivity contribution in [1.82, 2.24) is 15.1 Å². The molecule has 1 aliphatic heterocycles. The number of carboxylic acid groups (broad SMARTS) is 1. The summed E-state index contributed by atoms with van der Waals surface area (Å²) in [6.45, 7) is 4.29. The van der Waals surface area contributed by atoms with Gasteiger partial charge in [-0.15, -0.1) is 0 Å². The zero-order valence-corrected chi connectivity index (χ0v) is 13.0. The van der Waals surface area contributed by atoms with Crippen LogP contribution in [0.5, 0.6) is 0 Å². The highest BCUT2D eigenvalue weighted by molar-refractivity contribution is 5.94. The first-order chi connectivity index (χ1) is 9.77. The van der Waals surface area contributed by atoms with E-state index >= 15 is 0 Å². The average molecular weight is 299 g/mol. The lowest BCUT2D eigenvalue weighted by atomic mass is 10.0. The largest absolute Gasteiger partial charge is 0.481 e. The van der Waals surface area contributed by atoms with E-state index in [-0.39, 0.29) is 18.8 Å². The number of nitrogens with one attached hydrogen (secondary N) is 1. The summed E-state index contributed by atoms with van der Waals surface area (Å²) < 4.78 is 0. The van der Waals surface area contributed by atoms with E-state index < -0.39 is 17.9 Å². The molecule has 0 spiro atoms. The minimum atomic E-state index is -0.941. The molecule has 1 saturated heterocycles. The van der Waals surface area contributed by atoms with Gasteiger partial charge in [0.2, 0.25) is 5.91 Å². The normalized spacial score (nSPS) is 20.0. The fraction of sp³-hybridized carbons (Fsp3) is 0.786. The lowest BCUT2D eigenvalue weighted by Gasteiger charge is -2.21. The van der Waals surface area contributed by atoms with Crippen molar-refractivity contribution in [2.75, 3.05) is 33.7 Å². The zero-order chi connectivity index (χ0) is 16.0. The SMILES string of the molecule is CC(CC(=O)O)CC(=O)NC(=O)N(C)CC1CCN(C)C1. The first-order valence-electron chi connectivity index (χ1n) is 7.23. The van der Waals surface area contributed by atoms with Gasteiger partial charge in [0, 0.05) is 33.0 Å². The monoisotopic (exact) mass is 299 g/mol. The van der Waals surface area contributed by atoms with E-state index in [2.05, 4.69) is 10.2 Å². The van der Waals surface area contributed by atoms with Gasteiger partial charge in [-0.1, -0.05) is 6.92 Å². The zero-order valence-electron chi connectivity index (χ0n) is 13.0. The molecule has 2 atom stereocenters. The molecule has 7 heteroatoms. The predicted molar refractivity (Wildman–Crippen MR) is 77.8 cm³/mol. The van der Waals surface area contributed by atoms with Crippen LogP contribution in [-0.2, 0) is 9.59 Å². The summed E-state index contributed by atoms with van der Waals surface area (Å²) in [4.78, 5) is 37.8. The van der Waals surface area contributed by atoms with Crippen LogP contribution >= 0.6 is 0 Å². The predicted octanol–water partition coefficient (Wildman–Crippen LogP) is 0.607. The van der Waals surface area contributed by atoms with Gasteiger partial charge in [-0.25, -0.2) is 4.79 Å². The van der Waals surface area contributed by atoms with Crippen molar-refractivity contribution in [2.45, 2.75) is 26.2 Å². The summed E-state index contributed by atoms with van der Waals surface area (Å²) in [6, 6.07) is -0.419. The number of hydrogen-bond acceptors (Lipinski definition) is 4. The van der Waals surface area contributed by atoms with Crippen molar-refractivity contribution in [3.8, 4) is 0 Å². The number of nitrogens with zero attached hydrogens (tertiary/aromatic N) is 2. The van der Waals surface area contributed by atoms with E-state index in [9.17, 15) is 14.4 Å². The van der Waals surface area contributed by atoms with Gasteiger partial charge >= 0.3 is 12.0 Å². The minimum Gasteiger partial charge on any atom is -0.481 e. The molecule has 1 fully saturated rings. The molecule has 0 aliphatic carbocycles. The van der Waals surface area contributed by atoms with E-state index in [1.165, 1.54) is 4.90 Å². The number of likely N-dealkylation sites (tertiary alicyclic amines) is 1. The molecule has 0 bridgehead atoms. The maximum Gasteiger partial charge on any atom is 0.323 e. The lowest BCUT2D eigenvalue weighted by Crippen LogP contribution is -2.43. The van der Waals surface area contributed by atoms with Crippen LogP contribution in [0.2, 0.25) is 0 Å². The third-order valence-electron chi connectivity index (χ3n) is 3.67. The van der Waals surface area contributed by atoms with Gasteiger partial charge in [-0.3, -0.25) is 14.9 Å². The highest BCUT2D eigenvalue weighted by Gasteiger charge is 2.23. The number of carbonyl (C=O) groups is 3. The van der Waals surface area contributed by atoms with Crippen LogP contribution in [0.15, 0.2) is 0 Å². The fourth-order valence-corrected chi connectivity index (χ4v) is 2.60. The second kappa shape index (κ2) is 7.97. The van der Waals surface area contributed by atoms with Crippen molar-refractivity contribution < 1.29 is 19.5 Å². The Kier molecular flexibility index (Phi) is 6.61. The lowest BCUT2D eigenvalue weighted by molar-refractivity contribution is -0.138. The Morgan fingerprint density at radius 1 is 1.38 bits per heavy atom. The molecule has 0 radical (unpaired) electrons. The quantitative estimate of drug-likeness (QED) is 0.750. The third-order valence-corrected chi connectivity index (χ3v) is 3.67. The Labute approximate surface area is 125 Å². The second-order valence-electron chi connectivity index (χ2n) is 6.06. The van der Waals surface area contributed by atoms with Gasteiger partial charge in [0.15, 0.2) is 0 Å². The van der Waals surface area contributed by atoms with Crippen molar-refractivity contribution >= 4 is 17.9 Å². The molecule has 2 N–H and O–H groups in total. The van der Waals surface area contributed by atoms with Crippen LogP contribution in [-0.4, -0.2) is 66.5 Å². The van der Waals surface area contributed by atoms with Gasteiger partial charge in [-0.2, -0.15) is 0 Å². The Balaban J connectivity index is 2.31. The van der Waals surface area contributed by atoms with E-state index in [1.54, 1.807) is 14.0 Å². The van der Waals surface area contributed by atoms with Gasteiger partial charge in [0.25, 0.3) is 0 Å². The molecule has 120 valence electrons. The first kappa shape index (κ1) is 17.4. The maximum atomic E-state index is 11.9. The fourth-order valence-electron chi connectivity index (χ4n) is 2.60. The number of carbonyl (C=O) groups excluding carboxylic acids is 2. The summed E-state index contributed by atoms with van der Waals surface area (Å²) in [5.74, 6) is -1.22. The smallest absolute Gasteiger partial charge is 0.323 e. The van der Waals surface area contributed by atoms with Crippen molar-refractivity contribution in [3.05, 3.63) is 0 Å². The number of rotatable bonds is 6. The summed E-state index contributed by atoms with van der Waals surface area (Å²) in [6.07, 6.45) is 1.02. The van der Waals surface area contributed by atoms with Crippen LogP contribution in [0.25, 0.3) is 0 Å². The number of hydrogen-bond donors (Lipinski definition) is 2. The molecule has 1 aliphatic rings. The topological polar surface area (TPSA) is 89.9 Å². The van der Waals surface area contributed by atoms with E-state index in [4.69, 9.17) is 5.11 Å². The van der Waals surface area contributed by atoms with Crippen molar-refractivity contribution in [2.24, 2.45) is 11.8 Å². The maximum absolute atomic E-state index is 11.9. The van der Waals surface area contributed by atoms with E-state index in [1.807, 2.05) is 7.05 Å². The highest BCUT2D eigenvalue weighted by Crippen LogP contribution is 2.15. The Hall–Kier alpha value is -1.63. The van der Waals surface area contributed by atoms with Gasteiger partial charge in [0.05, 0.1) is 0 Å². The van der Waals surface area contributed by atoms with Crippen LogP contribution in [0, 0.1) is 11.8 Å². The molecule has 0 aromatic rings.